The van der Waals surface area contributed by atoms with Crippen molar-refractivity contribution in [1.29, 1.82) is 0 Å². The maximum atomic E-state index is 13.0. The normalized spacial score (nSPS) is 16.3. The van der Waals surface area contributed by atoms with Gasteiger partial charge in [-0.1, -0.05) is 23.7 Å². The van der Waals surface area contributed by atoms with E-state index in [4.69, 9.17) is 11.6 Å². The average Bonchev–Trinajstić information content (AvgIpc) is 3.25. The monoisotopic (exact) mass is 385 g/mol. The molecule has 4 rings (SSSR count). The summed E-state index contributed by atoms with van der Waals surface area (Å²) in [5, 5.41) is 9.99. The molecule has 3 aromatic rings. The molecule has 1 aromatic carbocycles. The summed E-state index contributed by atoms with van der Waals surface area (Å²) in [4.78, 5) is 25.9. The minimum atomic E-state index is -0.523. The second-order valence-electron chi connectivity index (χ2n) is 6.29. The minimum Gasteiger partial charge on any atom is -0.310 e. The average molecular weight is 386 g/mol. The van der Waals surface area contributed by atoms with Crippen molar-refractivity contribution in [2.75, 3.05) is 5.32 Å². The van der Waals surface area contributed by atoms with Crippen molar-refractivity contribution in [3.63, 3.8) is 0 Å². The van der Waals surface area contributed by atoms with Gasteiger partial charge in [-0.3, -0.25) is 9.59 Å². The van der Waals surface area contributed by atoms with E-state index in [-0.39, 0.29) is 18.1 Å². The van der Waals surface area contributed by atoms with E-state index in [0.29, 0.717) is 15.7 Å². The molecule has 132 valence electrons. The summed E-state index contributed by atoms with van der Waals surface area (Å²) in [5.74, 6) is -0.195. The summed E-state index contributed by atoms with van der Waals surface area (Å²) in [7, 11) is 0. The van der Waals surface area contributed by atoms with Crippen LogP contribution in [0, 0.1) is 13.8 Å². The fourth-order valence-electron chi connectivity index (χ4n) is 3.36. The van der Waals surface area contributed by atoms with Gasteiger partial charge in [0.25, 0.3) is 0 Å². The van der Waals surface area contributed by atoms with Crippen molar-refractivity contribution < 1.29 is 9.59 Å². The fraction of sp³-hybridized carbons (Fsp3) is 0.211. The number of benzene rings is 1. The number of Topliss-reactive ketones (excluding diaryl/α,β-unsaturated/α-hetero) is 1. The van der Waals surface area contributed by atoms with Crippen LogP contribution in [0.1, 0.15) is 38.8 Å². The Morgan fingerprint density at radius 3 is 2.85 bits per heavy atom. The highest BCUT2D eigenvalue weighted by molar-refractivity contribution is 7.12. The first-order chi connectivity index (χ1) is 12.5. The van der Waals surface area contributed by atoms with Gasteiger partial charge in [0.1, 0.15) is 5.82 Å². The number of nitrogens with one attached hydrogen (secondary N) is 1. The number of hydrogen-bond acceptors (Lipinski definition) is 4. The van der Waals surface area contributed by atoms with Crippen LogP contribution in [0.4, 0.5) is 5.82 Å². The predicted octanol–water partition coefficient (Wildman–Crippen LogP) is 4.51. The summed E-state index contributed by atoms with van der Waals surface area (Å²) in [6.45, 7) is 3.77. The molecule has 1 aliphatic rings. The lowest BCUT2D eigenvalue weighted by atomic mass is 9.87. The van der Waals surface area contributed by atoms with Crippen molar-refractivity contribution in [2.45, 2.75) is 26.2 Å². The standard InChI is InChI=1S/C19H16ClN3O2S/c1-10-13(20)5-3-6-14(10)23-19-17(11(2)22-23)12(9-16(24)21-19)18(25)15-7-4-8-26-15/h3-8,12H,9H2,1-2H3,(H,21,24)/t12-/m0/s1. The zero-order chi connectivity index (χ0) is 18.4. The number of rotatable bonds is 3. The SMILES string of the molecule is Cc1nn(-c2cccc(Cl)c2C)c2c1[C@@H](C(=O)c1cccs1)CC(=O)N2. The molecule has 0 fully saturated rings. The highest BCUT2D eigenvalue weighted by atomic mass is 35.5. The first-order valence-corrected chi connectivity index (χ1v) is 9.45. The maximum Gasteiger partial charge on any atom is 0.226 e. The minimum absolute atomic E-state index is 0.0402. The predicted molar refractivity (Wildman–Crippen MR) is 103 cm³/mol. The Morgan fingerprint density at radius 2 is 2.12 bits per heavy atom. The third-order valence-corrected chi connectivity index (χ3v) is 5.94. The van der Waals surface area contributed by atoms with E-state index < -0.39 is 5.92 Å². The highest BCUT2D eigenvalue weighted by Gasteiger charge is 2.36. The molecule has 1 N–H and O–H groups in total. The molecule has 5 nitrogen and oxygen atoms in total. The number of thiophene rings is 1. The number of carbonyl (C=O) groups excluding carboxylic acids is 2. The number of halogens is 1. The van der Waals surface area contributed by atoms with Crippen LogP contribution < -0.4 is 5.32 Å². The smallest absolute Gasteiger partial charge is 0.226 e. The molecule has 0 saturated heterocycles. The number of fused-ring (bicyclic) bond motifs is 1. The third kappa shape index (κ3) is 2.66. The summed E-state index contributed by atoms with van der Waals surface area (Å²) >= 11 is 7.64. The van der Waals surface area contributed by atoms with Crippen molar-refractivity contribution in [2.24, 2.45) is 0 Å². The maximum absolute atomic E-state index is 13.0. The lowest BCUT2D eigenvalue weighted by Crippen LogP contribution is -2.28. The highest BCUT2D eigenvalue weighted by Crippen LogP contribution is 2.39. The third-order valence-electron chi connectivity index (χ3n) is 4.65. The number of aromatic nitrogens is 2. The number of carbonyl (C=O) groups is 2. The van der Waals surface area contributed by atoms with Crippen molar-refractivity contribution >= 4 is 40.4 Å². The van der Waals surface area contributed by atoms with Crippen molar-refractivity contribution in [3.05, 3.63) is 62.4 Å². The number of anilines is 1. The van der Waals surface area contributed by atoms with Crippen LogP contribution in [0.5, 0.6) is 0 Å². The quantitative estimate of drug-likeness (QED) is 0.674. The van der Waals surface area contributed by atoms with E-state index in [1.54, 1.807) is 10.7 Å². The first kappa shape index (κ1) is 17.0. The van der Waals surface area contributed by atoms with E-state index >= 15 is 0 Å². The fourth-order valence-corrected chi connectivity index (χ4v) is 4.25. The molecule has 0 radical (unpaired) electrons. The van der Waals surface area contributed by atoms with Crippen LogP contribution in [-0.4, -0.2) is 21.5 Å². The van der Waals surface area contributed by atoms with E-state index in [0.717, 1.165) is 22.5 Å². The van der Waals surface area contributed by atoms with Crippen LogP contribution >= 0.6 is 22.9 Å². The number of amides is 1. The van der Waals surface area contributed by atoms with Gasteiger partial charge in [0, 0.05) is 17.0 Å². The van der Waals surface area contributed by atoms with E-state index in [2.05, 4.69) is 10.4 Å². The molecule has 0 saturated carbocycles. The van der Waals surface area contributed by atoms with E-state index in [1.165, 1.54) is 11.3 Å². The van der Waals surface area contributed by atoms with Crippen LogP contribution in [0.25, 0.3) is 5.69 Å². The Morgan fingerprint density at radius 1 is 1.31 bits per heavy atom. The topological polar surface area (TPSA) is 64.0 Å². The molecule has 0 aliphatic carbocycles. The number of ketones is 1. The summed E-state index contributed by atoms with van der Waals surface area (Å²) < 4.78 is 1.68. The molecule has 1 amide bonds. The van der Waals surface area contributed by atoms with Gasteiger partial charge in [-0.05, 0) is 43.0 Å². The lowest BCUT2D eigenvalue weighted by Gasteiger charge is -2.23. The Labute approximate surface area is 159 Å². The molecule has 26 heavy (non-hydrogen) atoms. The van der Waals surface area contributed by atoms with Crippen LogP contribution in [0.15, 0.2) is 35.7 Å². The zero-order valence-electron chi connectivity index (χ0n) is 14.2. The van der Waals surface area contributed by atoms with Gasteiger partial charge in [-0.15, -0.1) is 11.3 Å². The number of nitrogens with zero attached hydrogens (tertiary/aromatic N) is 2. The summed E-state index contributed by atoms with van der Waals surface area (Å²) in [6, 6.07) is 9.18. The van der Waals surface area contributed by atoms with E-state index in [1.807, 2.05) is 43.5 Å². The van der Waals surface area contributed by atoms with Gasteiger partial charge in [-0.25, -0.2) is 4.68 Å². The van der Waals surface area contributed by atoms with Gasteiger partial charge < -0.3 is 5.32 Å². The van der Waals surface area contributed by atoms with Gasteiger partial charge in [-0.2, -0.15) is 5.10 Å². The van der Waals surface area contributed by atoms with Gasteiger partial charge in [0.05, 0.1) is 22.2 Å². The molecule has 1 aliphatic heterocycles. The Bertz CT molecular complexity index is 1020. The summed E-state index contributed by atoms with van der Waals surface area (Å²) in [5.41, 5.74) is 3.16. The van der Waals surface area contributed by atoms with Crippen molar-refractivity contribution in [3.8, 4) is 5.69 Å². The second-order valence-corrected chi connectivity index (χ2v) is 7.64. The molecule has 0 spiro atoms. The molecule has 0 unspecified atom stereocenters. The second kappa shape index (κ2) is 6.37. The molecule has 1 atom stereocenters. The lowest BCUT2D eigenvalue weighted by molar-refractivity contribution is -0.116. The van der Waals surface area contributed by atoms with Gasteiger partial charge in [0.2, 0.25) is 5.91 Å². The van der Waals surface area contributed by atoms with Crippen LogP contribution in [0.3, 0.4) is 0 Å². The molecule has 7 heteroatoms. The van der Waals surface area contributed by atoms with Crippen LogP contribution in [-0.2, 0) is 4.79 Å². The first-order valence-electron chi connectivity index (χ1n) is 8.20. The molecular formula is C19H16ClN3O2S. The number of hydrogen-bond donors (Lipinski definition) is 1. The van der Waals surface area contributed by atoms with Crippen LogP contribution in [0.2, 0.25) is 5.02 Å². The van der Waals surface area contributed by atoms with E-state index in [9.17, 15) is 9.59 Å². The zero-order valence-corrected chi connectivity index (χ0v) is 15.8. The largest absolute Gasteiger partial charge is 0.310 e. The Balaban J connectivity index is 1.88. The van der Waals surface area contributed by atoms with Crippen molar-refractivity contribution in [1.82, 2.24) is 9.78 Å². The Kier molecular flexibility index (Phi) is 4.17. The number of aryl methyl sites for hydroxylation is 1. The molecule has 3 heterocycles. The molecular weight excluding hydrogens is 370 g/mol. The molecule has 0 bridgehead atoms. The molecule has 2 aromatic heterocycles. The Hall–Kier alpha value is -2.44. The summed E-state index contributed by atoms with van der Waals surface area (Å²) in [6.07, 6.45) is 0.130. The van der Waals surface area contributed by atoms with Gasteiger partial charge >= 0.3 is 0 Å². The van der Waals surface area contributed by atoms with Gasteiger partial charge in [0.15, 0.2) is 5.78 Å².